The van der Waals surface area contributed by atoms with Crippen LogP contribution in [0.5, 0.6) is 0 Å². The Balaban J connectivity index is 0.000000106. The van der Waals surface area contributed by atoms with Crippen molar-refractivity contribution >= 4 is 151 Å². The van der Waals surface area contributed by atoms with E-state index in [0.717, 1.165) is 194 Å². The molecule has 40 heteroatoms. The fourth-order valence-corrected chi connectivity index (χ4v) is 21.5. The number of hydrogen-bond acceptors (Lipinski definition) is 29. The molecule has 0 bridgehead atoms. The molecule has 26 rings (SSSR count). The summed E-state index contributed by atoms with van der Waals surface area (Å²) in [4.78, 5) is 124. The van der Waals surface area contributed by atoms with E-state index in [1.807, 2.05) is 85.8 Å². The van der Waals surface area contributed by atoms with Crippen molar-refractivity contribution in [2.45, 2.75) is 92.2 Å². The number of anilines is 1. The summed E-state index contributed by atoms with van der Waals surface area (Å²) in [6.07, 6.45) is 42.9. The van der Waals surface area contributed by atoms with E-state index in [0.29, 0.717) is 81.7 Å². The number of alkyl halides is 2. The summed E-state index contributed by atoms with van der Waals surface area (Å²) in [7, 11) is 0. The molecule has 0 spiro atoms. The zero-order valence-electron chi connectivity index (χ0n) is 77.2. The fraction of sp³-hybridized carbons (Fsp3) is 0.175. The van der Waals surface area contributed by atoms with E-state index in [1.54, 1.807) is 133 Å². The molecular formula is C103H84F2N32O2S4. The van der Waals surface area contributed by atoms with Crippen molar-refractivity contribution in [3.8, 4) is 132 Å². The van der Waals surface area contributed by atoms with Crippen LogP contribution >= 0.6 is 45.3 Å². The third-order valence-electron chi connectivity index (χ3n) is 25.1. The number of amides is 1. The molecule has 2 fully saturated rings. The number of hydrogen-bond donors (Lipinski definition) is 10. The molecule has 1 aliphatic heterocycles. The molecule has 143 heavy (non-hydrogen) atoms. The number of aromatic nitrogens is 29. The molecule has 34 nitrogen and oxygen atoms in total. The van der Waals surface area contributed by atoms with Gasteiger partial charge in [-0.25, -0.2) is 58.6 Å². The highest BCUT2D eigenvalue weighted by Crippen LogP contribution is 2.43. The van der Waals surface area contributed by atoms with Gasteiger partial charge in [-0.05, 0) is 155 Å². The lowest BCUT2D eigenvalue weighted by atomic mass is 10.1. The van der Waals surface area contributed by atoms with E-state index < -0.39 is 5.92 Å². The number of aromatic amines is 8. The van der Waals surface area contributed by atoms with Crippen LogP contribution in [0, 0.1) is 26.7 Å². The first-order valence-corrected chi connectivity index (χ1v) is 49.4. The molecule has 2 aliphatic rings. The number of aryl methyl sites for hydroxylation is 3. The summed E-state index contributed by atoms with van der Waals surface area (Å²) in [6.45, 7) is 12.1. The Morgan fingerprint density at radius 3 is 1.18 bits per heavy atom. The standard InChI is InChI=1S/C29H28N8S.C27H22F2N8S.C26H20N8O2S.C21H14N8S/c1-17-6-7-25(38-17)23-15-32-16-24-26(23)35-29(34-24)27-22-9-21(14-33-28(22)37-36-27)20-8-19(12-31-13-20)11-30-10-18-4-2-3-5-18;1-15-2-3-22(38-15)20-11-31-12-21-23(20)34-26(33-21)24-19-7-18(10-32-25(19)36-35-24)17-6-16(8-30-9-17)13-37-5-4-27(28,29)14-37;1-3-22(36)30-16-6-14(8-27-10-16)15-7-17-24(33-34-25(17)29-9-15)26-31-19-12-28-11-18(23(19)32-26)21-5-4-20(37-21)13(2)35;1-11-2-3-17(30-11)15-8-22-9-16-18(15)27-21(26-16)19-14-4-12(7-25-20(14)29-28-19)13-5-23-10-24-6-13/h6-9,12-16,18,30H,2-5,10-11H2,1H3,(H,34,35)(H,33,36,37);2-3,6-12H,4-5,13-14H2,1H3,(H,33,34)(H,32,35,36);4-12H,3H2,1-2H3,(H,30,36)(H,31,32)(H,29,33,34);2-10H,1H3,(H,26,27)(H,25,28,29). The molecule has 0 aromatic carbocycles. The van der Waals surface area contributed by atoms with Crippen molar-refractivity contribution in [3.63, 3.8) is 0 Å². The van der Waals surface area contributed by atoms with Gasteiger partial charge in [0.05, 0.1) is 91.7 Å². The summed E-state index contributed by atoms with van der Waals surface area (Å²) in [6, 6.07) is 30.5. The van der Waals surface area contributed by atoms with E-state index >= 15 is 0 Å². The van der Waals surface area contributed by atoms with E-state index in [1.165, 1.54) is 63.5 Å². The minimum atomic E-state index is -2.62. The molecule has 1 saturated heterocycles. The number of H-pyrrole nitrogens is 8. The van der Waals surface area contributed by atoms with Crippen LogP contribution in [-0.2, 0) is 17.9 Å². The zero-order chi connectivity index (χ0) is 96.9. The minimum absolute atomic E-state index is 0.0276. The molecule has 0 atom stereocenters. The average molecular weight is 1970 g/mol. The maximum atomic E-state index is 13.6. The van der Waals surface area contributed by atoms with Crippen molar-refractivity contribution in [3.05, 3.63) is 252 Å². The third kappa shape index (κ3) is 18.7. The average Bonchev–Trinajstić information content (AvgIpc) is 1.62. The number of thiophene rings is 4. The van der Waals surface area contributed by atoms with E-state index in [4.69, 9.17) is 19.9 Å². The Bertz CT molecular complexity index is 8920. The summed E-state index contributed by atoms with van der Waals surface area (Å²) >= 11 is 6.59. The number of pyridine rings is 11. The minimum Gasteiger partial charge on any atom is -0.335 e. The zero-order valence-corrected chi connectivity index (χ0v) is 80.5. The second kappa shape index (κ2) is 38.4. The summed E-state index contributed by atoms with van der Waals surface area (Å²) in [5, 5.41) is 39.7. The molecule has 0 radical (unpaired) electrons. The van der Waals surface area contributed by atoms with Gasteiger partial charge in [0.25, 0.3) is 5.92 Å². The molecule has 0 unspecified atom stereocenters. The first-order valence-electron chi connectivity index (χ1n) is 46.1. The van der Waals surface area contributed by atoms with Crippen LogP contribution in [0.4, 0.5) is 14.5 Å². The SMILES string of the molecule is CCC(=O)Nc1cncc(-c2cnc3n[nH]c(-c4nc5c(-c6ccc(C(C)=O)s6)cncc5[nH]4)c3c2)c1.Cc1ccc(-c2cncc3[nH]c(-c4[nH]nc5ncc(-c6cncc(CN7CCC(F)(F)C7)c6)cc45)nc23)s1.Cc1ccc(-c2cncc3[nH]c(-c4[nH]nc5ncc(-c6cncc(CNCC7CCCC7)c6)cc45)nc23)s1.Cc1ccc(-c2cncc3[nH]c(-c4[nH]nc5ncc(-c6cncnc6)cc45)nc23)s1. The number of ketones is 1. The Kier molecular flexibility index (Phi) is 24.2. The molecule has 706 valence electrons. The van der Waals surface area contributed by atoms with Crippen molar-refractivity contribution in [1.82, 2.24) is 156 Å². The van der Waals surface area contributed by atoms with Gasteiger partial charge < -0.3 is 30.6 Å². The molecule has 24 aromatic heterocycles. The largest absolute Gasteiger partial charge is 0.335 e. The Morgan fingerprint density at radius 1 is 0.420 bits per heavy atom. The van der Waals surface area contributed by atoms with Gasteiger partial charge >= 0.3 is 0 Å². The van der Waals surface area contributed by atoms with Gasteiger partial charge in [0.1, 0.15) is 51.2 Å². The van der Waals surface area contributed by atoms with Crippen molar-refractivity contribution < 1.29 is 18.4 Å². The predicted molar refractivity (Wildman–Crippen MR) is 553 cm³/mol. The third-order valence-corrected chi connectivity index (χ3v) is 29.4. The number of carbonyl (C=O) groups excluding carboxylic acids is 2. The van der Waals surface area contributed by atoms with Crippen molar-refractivity contribution in [2.75, 3.05) is 25.0 Å². The monoisotopic (exact) mass is 1970 g/mol. The van der Waals surface area contributed by atoms with Gasteiger partial charge in [0.15, 0.2) is 51.7 Å². The van der Waals surface area contributed by atoms with Crippen molar-refractivity contribution in [2.24, 2.45) is 5.92 Å². The number of nitrogens with zero attached hydrogens (tertiary/aromatic N) is 22. The van der Waals surface area contributed by atoms with Crippen LogP contribution < -0.4 is 10.6 Å². The molecule has 25 heterocycles. The van der Waals surface area contributed by atoms with Gasteiger partial charge in [0.2, 0.25) is 5.91 Å². The van der Waals surface area contributed by atoms with E-state index in [-0.39, 0.29) is 24.7 Å². The summed E-state index contributed by atoms with van der Waals surface area (Å²) < 4.78 is 27.3. The van der Waals surface area contributed by atoms with Gasteiger partial charge in [-0.3, -0.25) is 69.8 Å². The lowest BCUT2D eigenvalue weighted by molar-refractivity contribution is -0.115. The normalized spacial score (nSPS) is 13.3. The lowest BCUT2D eigenvalue weighted by Gasteiger charge is -2.15. The number of fused-ring (bicyclic) bond motifs is 8. The number of nitrogens with one attached hydrogen (secondary N) is 10. The Morgan fingerprint density at radius 2 is 0.790 bits per heavy atom. The van der Waals surface area contributed by atoms with Crippen LogP contribution in [0.15, 0.2) is 221 Å². The predicted octanol–water partition coefficient (Wildman–Crippen LogP) is 21.7. The first-order chi connectivity index (χ1) is 69.9. The highest BCUT2D eigenvalue weighted by molar-refractivity contribution is 7.17. The molecule has 1 aliphatic carbocycles. The van der Waals surface area contributed by atoms with E-state index in [2.05, 4.69) is 205 Å². The van der Waals surface area contributed by atoms with E-state index in [9.17, 15) is 18.4 Å². The quantitative estimate of drug-likeness (QED) is 0.0299. The maximum absolute atomic E-state index is 13.6. The number of Topliss-reactive ketones (excluding diaryl/α,β-unsaturated/α-hetero) is 1. The van der Waals surface area contributed by atoms with Gasteiger partial charge in [-0.15, -0.1) is 45.3 Å². The molecular weight excluding hydrogens is 1880 g/mol. The second-order valence-electron chi connectivity index (χ2n) is 35.2. The Labute approximate surface area is 826 Å². The van der Waals surface area contributed by atoms with Gasteiger partial charge in [0, 0.05) is 226 Å². The van der Waals surface area contributed by atoms with Crippen LogP contribution in [0.25, 0.3) is 221 Å². The molecule has 24 aromatic rings. The summed E-state index contributed by atoms with van der Waals surface area (Å²) in [5.74, 6) is 0.792. The molecule has 1 amide bonds. The highest BCUT2D eigenvalue weighted by atomic mass is 32.1. The second-order valence-corrected chi connectivity index (χ2v) is 40.1. The Hall–Kier alpha value is -16.8. The first kappa shape index (κ1) is 90.1. The number of halogens is 2. The maximum Gasteiger partial charge on any atom is 0.261 e. The lowest BCUT2D eigenvalue weighted by Crippen LogP contribution is -2.24. The van der Waals surface area contributed by atoms with Crippen LogP contribution in [-0.4, -0.2) is 188 Å². The van der Waals surface area contributed by atoms with Gasteiger partial charge in [-0.1, -0.05) is 19.8 Å². The van der Waals surface area contributed by atoms with Crippen LogP contribution in [0.1, 0.15) is 87.8 Å². The van der Waals surface area contributed by atoms with Crippen LogP contribution in [0.2, 0.25) is 0 Å². The number of rotatable bonds is 21. The molecule has 10 N–H and O–H groups in total. The van der Waals surface area contributed by atoms with Crippen molar-refractivity contribution in [1.29, 1.82) is 0 Å². The summed E-state index contributed by atoms with van der Waals surface area (Å²) in [5.41, 5.74) is 25.8. The number of carbonyl (C=O) groups is 2. The number of likely N-dealkylation sites (tertiary alicyclic amines) is 1. The van der Waals surface area contributed by atoms with Crippen LogP contribution in [0.3, 0.4) is 0 Å². The number of imidazole rings is 4. The van der Waals surface area contributed by atoms with Gasteiger partial charge in [-0.2, -0.15) is 20.4 Å². The smallest absolute Gasteiger partial charge is 0.261 e. The fourth-order valence-electron chi connectivity index (χ4n) is 18.0. The highest BCUT2D eigenvalue weighted by Gasteiger charge is 2.38. The topological polar surface area (TPSA) is 458 Å². The molecule has 1 saturated carbocycles.